The molecule has 2 N–H and O–H groups in total. The largest absolute Gasteiger partial charge is 0.351 e. The first-order valence-corrected chi connectivity index (χ1v) is 10.4. The lowest BCUT2D eigenvalue weighted by atomic mass is 10.3. The van der Waals surface area contributed by atoms with Crippen molar-refractivity contribution in [2.75, 3.05) is 11.9 Å². The van der Waals surface area contributed by atoms with Gasteiger partial charge >= 0.3 is 0 Å². The van der Waals surface area contributed by atoms with Crippen LogP contribution in [0.15, 0.2) is 28.3 Å². The van der Waals surface area contributed by atoms with Crippen molar-refractivity contribution in [1.82, 2.24) is 10.3 Å². The third-order valence-corrected chi connectivity index (χ3v) is 6.03. The third-order valence-electron chi connectivity index (χ3n) is 3.10. The summed E-state index contributed by atoms with van der Waals surface area (Å²) in [6, 6.07) is 3.48. The highest BCUT2D eigenvalue weighted by atomic mass is 35.5. The maximum absolute atomic E-state index is 12.0. The summed E-state index contributed by atoms with van der Waals surface area (Å²) >= 11 is 16.1. The monoisotopic (exact) mass is 431 g/mol. The second kappa shape index (κ2) is 8.29. The Morgan fingerprint density at radius 2 is 2.08 bits per heavy atom. The minimum absolute atomic E-state index is 0.163. The minimum atomic E-state index is -0.221. The minimum Gasteiger partial charge on any atom is -0.351 e. The summed E-state index contributed by atoms with van der Waals surface area (Å²) < 4.78 is 1.14. The topological polar surface area (TPSA) is 71.1 Å². The lowest BCUT2D eigenvalue weighted by molar-refractivity contribution is -0.116. The molecular formula is C15H11Cl2N3O2S3. The summed E-state index contributed by atoms with van der Waals surface area (Å²) in [7, 11) is 0. The summed E-state index contributed by atoms with van der Waals surface area (Å²) in [6.45, 7) is 0.255. The van der Waals surface area contributed by atoms with E-state index in [0.717, 1.165) is 5.56 Å². The van der Waals surface area contributed by atoms with Crippen LogP contribution in [0.2, 0.25) is 8.67 Å². The number of aromatic nitrogens is 1. The molecule has 0 aromatic carbocycles. The van der Waals surface area contributed by atoms with Gasteiger partial charge in [-0.05, 0) is 17.5 Å². The molecule has 3 aromatic rings. The number of carbonyl (C=O) groups is 2. The van der Waals surface area contributed by atoms with E-state index in [4.69, 9.17) is 23.2 Å². The zero-order valence-corrected chi connectivity index (χ0v) is 16.5. The van der Waals surface area contributed by atoms with Gasteiger partial charge in [-0.2, -0.15) is 11.3 Å². The molecule has 0 fully saturated rings. The lowest BCUT2D eigenvalue weighted by Crippen LogP contribution is -2.27. The average Bonchev–Trinajstić information content (AvgIpc) is 3.28. The van der Waals surface area contributed by atoms with Crippen LogP contribution in [0, 0.1) is 0 Å². The van der Waals surface area contributed by atoms with E-state index in [1.807, 2.05) is 5.38 Å². The average molecular weight is 432 g/mol. The third kappa shape index (κ3) is 4.80. The molecule has 0 aliphatic carbocycles. The van der Waals surface area contributed by atoms with Gasteiger partial charge < -0.3 is 10.6 Å². The first-order valence-electron chi connectivity index (χ1n) is 7.04. The second-order valence-corrected chi connectivity index (χ2v) is 8.77. The van der Waals surface area contributed by atoms with Crippen molar-refractivity contribution in [1.29, 1.82) is 0 Å². The Bertz CT molecular complexity index is 890. The van der Waals surface area contributed by atoms with Gasteiger partial charge in [0.1, 0.15) is 4.34 Å². The highest BCUT2D eigenvalue weighted by Gasteiger charge is 2.13. The summed E-state index contributed by atoms with van der Waals surface area (Å²) in [5.74, 6) is -0.407. The number of halogens is 2. The van der Waals surface area contributed by atoms with E-state index in [2.05, 4.69) is 15.6 Å². The Morgan fingerprint density at radius 1 is 1.24 bits per heavy atom. The van der Waals surface area contributed by atoms with Gasteiger partial charge in [0, 0.05) is 34.9 Å². The van der Waals surface area contributed by atoms with E-state index < -0.39 is 0 Å². The molecule has 0 aliphatic heterocycles. The molecule has 130 valence electrons. The fraction of sp³-hybridized carbons (Fsp3) is 0.133. The number of anilines is 1. The summed E-state index contributed by atoms with van der Waals surface area (Å²) in [5.41, 5.74) is 2.01. The molecule has 3 rings (SSSR count). The van der Waals surface area contributed by atoms with E-state index in [0.29, 0.717) is 25.1 Å². The van der Waals surface area contributed by atoms with Gasteiger partial charge in [0.25, 0.3) is 5.91 Å². The smallest absolute Gasteiger partial charge is 0.252 e. The Balaban J connectivity index is 1.50. The Labute approximate surface area is 165 Å². The zero-order chi connectivity index (χ0) is 17.8. The normalized spacial score (nSPS) is 10.6. The Hall–Kier alpha value is -1.45. The maximum Gasteiger partial charge on any atom is 0.252 e. The van der Waals surface area contributed by atoms with E-state index >= 15 is 0 Å². The summed E-state index contributed by atoms with van der Waals surface area (Å²) in [4.78, 5) is 28.1. The molecule has 0 spiro atoms. The standard InChI is InChI=1S/C15H11Cl2N3O2S3/c16-11-5-9(13(17)25-11)10-7-24-15(19-10)20-12(21)1-3-18-14(22)8-2-4-23-6-8/h2,4-7H,1,3H2,(H,18,22)(H,19,20,21). The first-order chi connectivity index (χ1) is 12.0. The van der Waals surface area contributed by atoms with Crippen molar-refractivity contribution in [3.63, 3.8) is 0 Å². The number of carbonyl (C=O) groups excluding carboxylic acids is 2. The molecule has 0 radical (unpaired) electrons. The molecule has 0 unspecified atom stereocenters. The molecule has 0 atom stereocenters. The van der Waals surface area contributed by atoms with E-state index in [1.165, 1.54) is 34.0 Å². The highest BCUT2D eigenvalue weighted by molar-refractivity contribution is 7.20. The SMILES string of the molecule is O=C(CCNC(=O)c1ccsc1)Nc1nc(-c2cc(Cl)sc2Cl)cs1. The molecule has 2 amide bonds. The highest BCUT2D eigenvalue weighted by Crippen LogP contribution is 2.38. The Morgan fingerprint density at radius 3 is 2.76 bits per heavy atom. The van der Waals surface area contributed by atoms with E-state index in [-0.39, 0.29) is 24.8 Å². The van der Waals surface area contributed by atoms with Crippen LogP contribution in [0.4, 0.5) is 5.13 Å². The number of amides is 2. The second-order valence-electron chi connectivity index (χ2n) is 4.84. The van der Waals surface area contributed by atoms with Gasteiger partial charge in [-0.1, -0.05) is 23.2 Å². The van der Waals surface area contributed by atoms with Crippen LogP contribution in [-0.2, 0) is 4.79 Å². The number of thiophene rings is 2. The molecule has 0 saturated heterocycles. The van der Waals surface area contributed by atoms with Crippen LogP contribution in [-0.4, -0.2) is 23.3 Å². The number of thiazole rings is 1. The van der Waals surface area contributed by atoms with Crippen LogP contribution >= 0.6 is 57.2 Å². The lowest BCUT2D eigenvalue weighted by Gasteiger charge is -2.04. The number of hydrogen-bond acceptors (Lipinski definition) is 6. The molecule has 3 heterocycles. The molecule has 25 heavy (non-hydrogen) atoms. The van der Waals surface area contributed by atoms with Crippen molar-refractivity contribution < 1.29 is 9.59 Å². The number of nitrogens with zero attached hydrogens (tertiary/aromatic N) is 1. The molecule has 0 saturated carbocycles. The molecule has 5 nitrogen and oxygen atoms in total. The van der Waals surface area contributed by atoms with Crippen molar-refractivity contribution in [2.45, 2.75) is 6.42 Å². The molecular weight excluding hydrogens is 421 g/mol. The van der Waals surface area contributed by atoms with Crippen molar-refractivity contribution in [3.05, 3.63) is 42.5 Å². The molecule has 10 heteroatoms. The van der Waals surface area contributed by atoms with Crippen LogP contribution in [0.5, 0.6) is 0 Å². The van der Waals surface area contributed by atoms with Gasteiger partial charge in [0.15, 0.2) is 5.13 Å². The van der Waals surface area contributed by atoms with Gasteiger partial charge in [0.05, 0.1) is 10.0 Å². The zero-order valence-electron chi connectivity index (χ0n) is 12.5. The van der Waals surface area contributed by atoms with Crippen molar-refractivity contribution in [2.24, 2.45) is 0 Å². The quantitative estimate of drug-likeness (QED) is 0.576. The molecule has 0 aliphatic rings. The van der Waals surface area contributed by atoms with Gasteiger partial charge in [-0.25, -0.2) is 4.98 Å². The number of nitrogens with one attached hydrogen (secondary N) is 2. The van der Waals surface area contributed by atoms with Gasteiger partial charge in [-0.15, -0.1) is 22.7 Å². The summed E-state index contributed by atoms with van der Waals surface area (Å²) in [5, 5.41) is 11.3. The summed E-state index contributed by atoms with van der Waals surface area (Å²) in [6.07, 6.45) is 0.163. The van der Waals surface area contributed by atoms with Crippen molar-refractivity contribution in [3.8, 4) is 11.3 Å². The molecule has 0 bridgehead atoms. The number of hydrogen-bond donors (Lipinski definition) is 2. The first kappa shape index (κ1) is 18.3. The Kier molecular flexibility index (Phi) is 6.08. The molecule has 3 aromatic heterocycles. The van der Waals surface area contributed by atoms with Gasteiger partial charge in [-0.3, -0.25) is 9.59 Å². The van der Waals surface area contributed by atoms with Crippen LogP contribution in [0.1, 0.15) is 16.8 Å². The fourth-order valence-corrected chi connectivity index (χ4v) is 4.78. The van der Waals surface area contributed by atoms with E-state index in [1.54, 1.807) is 22.9 Å². The van der Waals surface area contributed by atoms with Crippen molar-refractivity contribution >= 4 is 74.2 Å². The fourth-order valence-electron chi connectivity index (χ4n) is 1.94. The van der Waals surface area contributed by atoms with Crippen LogP contribution in [0.3, 0.4) is 0 Å². The predicted molar refractivity (Wildman–Crippen MR) is 105 cm³/mol. The van der Waals surface area contributed by atoms with Gasteiger partial charge in [0.2, 0.25) is 5.91 Å². The predicted octanol–water partition coefficient (Wildman–Crippen LogP) is 5.00. The van der Waals surface area contributed by atoms with Crippen LogP contribution < -0.4 is 10.6 Å². The maximum atomic E-state index is 12.0. The van der Waals surface area contributed by atoms with Crippen LogP contribution in [0.25, 0.3) is 11.3 Å². The van der Waals surface area contributed by atoms with E-state index in [9.17, 15) is 9.59 Å². The number of rotatable bonds is 6.